The number of carbonyl (C=O) groups excluding carboxylic acids is 1. The minimum atomic E-state index is -1.02. The number of aryl methyl sites for hydroxylation is 1. The van der Waals surface area contributed by atoms with Crippen molar-refractivity contribution in [3.63, 3.8) is 0 Å². The monoisotopic (exact) mass is 335 g/mol. The van der Waals surface area contributed by atoms with Crippen molar-refractivity contribution in [3.05, 3.63) is 29.8 Å². The number of alkyl halides is 1. The number of hydrogen-bond donors (Lipinski definition) is 1. The lowest BCUT2D eigenvalue weighted by Gasteiger charge is -2.22. The lowest BCUT2D eigenvalue weighted by atomic mass is 10.1. The van der Waals surface area contributed by atoms with E-state index in [2.05, 4.69) is 0 Å². The fraction of sp³-hybridized carbons (Fsp3) is 0.632. The summed E-state index contributed by atoms with van der Waals surface area (Å²) in [5.41, 5.74) is 1.05. The molecular formula is C19H26FNO3. The Kier molecular flexibility index (Phi) is 5.72. The summed E-state index contributed by atoms with van der Waals surface area (Å²) < 4.78 is 19.5. The molecule has 24 heavy (non-hydrogen) atoms. The highest BCUT2D eigenvalue weighted by Gasteiger charge is 2.34. The molecule has 2 aliphatic rings. The van der Waals surface area contributed by atoms with E-state index in [1.54, 1.807) is 0 Å². The van der Waals surface area contributed by atoms with Crippen LogP contribution in [0.25, 0.3) is 0 Å². The van der Waals surface area contributed by atoms with Gasteiger partial charge < -0.3 is 14.7 Å². The fourth-order valence-electron chi connectivity index (χ4n) is 3.71. The minimum absolute atomic E-state index is 0.0867. The van der Waals surface area contributed by atoms with Crippen molar-refractivity contribution in [1.29, 1.82) is 0 Å². The second-order valence-electron chi connectivity index (χ2n) is 6.89. The number of carbonyl (C=O) groups is 1. The molecule has 4 nitrogen and oxygen atoms in total. The van der Waals surface area contributed by atoms with Gasteiger partial charge in [0, 0.05) is 12.8 Å². The molecule has 2 atom stereocenters. The van der Waals surface area contributed by atoms with E-state index in [9.17, 15) is 14.3 Å². The molecule has 1 aromatic rings. The van der Waals surface area contributed by atoms with Gasteiger partial charge in [-0.3, -0.25) is 4.79 Å². The van der Waals surface area contributed by atoms with Gasteiger partial charge in [-0.25, -0.2) is 4.39 Å². The molecule has 1 saturated carbocycles. The molecule has 132 valence electrons. The third-order valence-electron chi connectivity index (χ3n) is 5.03. The first-order valence-corrected chi connectivity index (χ1v) is 8.95. The van der Waals surface area contributed by atoms with Crippen molar-refractivity contribution in [2.24, 2.45) is 0 Å². The second kappa shape index (κ2) is 7.97. The summed E-state index contributed by atoms with van der Waals surface area (Å²) >= 11 is 0. The van der Waals surface area contributed by atoms with Crippen molar-refractivity contribution in [1.82, 2.24) is 4.90 Å². The molecule has 1 aliphatic carbocycles. The number of rotatable bonds is 6. The first-order chi connectivity index (χ1) is 11.7. The highest BCUT2D eigenvalue weighted by Crippen LogP contribution is 2.25. The average Bonchev–Trinajstić information content (AvgIpc) is 3.22. The van der Waals surface area contributed by atoms with Gasteiger partial charge in [-0.05, 0) is 49.8 Å². The van der Waals surface area contributed by atoms with Crippen molar-refractivity contribution in [3.8, 4) is 5.75 Å². The number of aliphatic hydroxyl groups excluding tert-OH is 1. The summed E-state index contributed by atoms with van der Waals surface area (Å²) in [7, 11) is 0. The predicted molar refractivity (Wildman–Crippen MR) is 89.7 cm³/mol. The van der Waals surface area contributed by atoms with E-state index in [1.165, 1.54) is 17.7 Å². The number of nitrogens with zero attached hydrogens (tertiary/aromatic N) is 1. The lowest BCUT2D eigenvalue weighted by Crippen LogP contribution is -2.37. The van der Waals surface area contributed by atoms with E-state index in [0.717, 1.165) is 24.2 Å². The largest absolute Gasteiger partial charge is 0.490 e. The van der Waals surface area contributed by atoms with Gasteiger partial charge in [0.25, 0.3) is 0 Å². The van der Waals surface area contributed by atoms with E-state index >= 15 is 0 Å². The molecule has 1 heterocycles. The highest BCUT2D eigenvalue weighted by atomic mass is 19.1. The first-order valence-electron chi connectivity index (χ1n) is 8.95. The maximum atomic E-state index is 13.5. The first kappa shape index (κ1) is 17.2. The quantitative estimate of drug-likeness (QED) is 0.870. The molecule has 1 saturated heterocycles. The Morgan fingerprint density at radius 2 is 2.12 bits per heavy atom. The molecule has 2 fully saturated rings. The Balaban J connectivity index is 1.53. The molecule has 5 heteroatoms. The molecular weight excluding hydrogens is 309 g/mol. The van der Waals surface area contributed by atoms with Gasteiger partial charge in [-0.2, -0.15) is 0 Å². The fourth-order valence-corrected chi connectivity index (χ4v) is 3.71. The Morgan fingerprint density at radius 3 is 2.88 bits per heavy atom. The van der Waals surface area contributed by atoms with Crippen LogP contribution in [0, 0.1) is 0 Å². The molecule has 1 aliphatic heterocycles. The molecule has 0 aromatic heterocycles. The van der Waals surface area contributed by atoms with Crippen molar-refractivity contribution in [2.75, 3.05) is 13.2 Å². The van der Waals surface area contributed by atoms with Crippen molar-refractivity contribution in [2.45, 2.75) is 63.3 Å². The summed E-state index contributed by atoms with van der Waals surface area (Å²) in [5, 5.41) is 9.28. The molecule has 0 unspecified atom stereocenters. The standard InChI is InChI=1S/C19H26FNO3/c20-15-11-16(13-22)21(12-15)19(23)9-8-14-4-3-7-18(10-14)24-17-5-1-2-6-17/h3-4,7,10,15-17,22H,1-2,5-6,8-9,11-13H2/t15-,16-/m0/s1. The Morgan fingerprint density at radius 1 is 1.33 bits per heavy atom. The molecule has 1 amide bonds. The van der Waals surface area contributed by atoms with Crippen LogP contribution in [0.5, 0.6) is 5.75 Å². The van der Waals surface area contributed by atoms with Crippen LogP contribution in [-0.2, 0) is 11.2 Å². The van der Waals surface area contributed by atoms with Crippen molar-refractivity contribution < 1.29 is 19.0 Å². The Hall–Kier alpha value is -1.62. The minimum Gasteiger partial charge on any atom is -0.490 e. The van der Waals surface area contributed by atoms with Crippen LogP contribution in [0.2, 0.25) is 0 Å². The summed E-state index contributed by atoms with van der Waals surface area (Å²) in [6, 6.07) is 7.52. The number of amides is 1. The second-order valence-corrected chi connectivity index (χ2v) is 6.89. The SMILES string of the molecule is O=C(CCc1cccc(OC2CCCC2)c1)N1C[C@@H](F)C[C@H]1CO. The molecule has 0 radical (unpaired) electrons. The number of halogens is 1. The summed E-state index contributed by atoms with van der Waals surface area (Å²) in [6.07, 6.45) is 5.17. The third kappa shape index (κ3) is 4.26. The number of hydrogen-bond acceptors (Lipinski definition) is 3. The number of benzene rings is 1. The van der Waals surface area contributed by atoms with Gasteiger partial charge in [-0.15, -0.1) is 0 Å². The van der Waals surface area contributed by atoms with Gasteiger partial charge in [0.2, 0.25) is 5.91 Å². The lowest BCUT2D eigenvalue weighted by molar-refractivity contribution is -0.132. The summed E-state index contributed by atoms with van der Waals surface area (Å²) in [4.78, 5) is 13.8. The predicted octanol–water partition coefficient (Wildman–Crippen LogP) is 2.87. The topological polar surface area (TPSA) is 49.8 Å². The van der Waals surface area contributed by atoms with E-state index in [0.29, 0.717) is 18.9 Å². The normalized spacial score (nSPS) is 24.5. The van der Waals surface area contributed by atoms with Gasteiger partial charge >= 0.3 is 0 Å². The Labute approximate surface area is 142 Å². The van der Waals surface area contributed by atoms with Gasteiger partial charge in [0.1, 0.15) is 11.9 Å². The maximum Gasteiger partial charge on any atom is 0.223 e. The van der Waals surface area contributed by atoms with Crippen LogP contribution in [0.4, 0.5) is 4.39 Å². The zero-order chi connectivity index (χ0) is 16.9. The summed E-state index contributed by atoms with van der Waals surface area (Å²) in [6.45, 7) is -0.0637. The number of ether oxygens (including phenoxy) is 1. The zero-order valence-electron chi connectivity index (χ0n) is 14.0. The van der Waals surface area contributed by atoms with Gasteiger partial charge in [-0.1, -0.05) is 12.1 Å². The number of likely N-dealkylation sites (tertiary alicyclic amines) is 1. The van der Waals surface area contributed by atoms with Crippen LogP contribution in [0.1, 0.15) is 44.1 Å². The van der Waals surface area contributed by atoms with Gasteiger partial charge in [0.15, 0.2) is 0 Å². The van der Waals surface area contributed by atoms with Crippen LogP contribution in [0.3, 0.4) is 0 Å². The van der Waals surface area contributed by atoms with E-state index in [-0.39, 0.29) is 31.5 Å². The van der Waals surface area contributed by atoms with Crippen LogP contribution in [0.15, 0.2) is 24.3 Å². The molecule has 0 bridgehead atoms. The zero-order valence-corrected chi connectivity index (χ0v) is 14.0. The molecule has 1 N–H and O–H groups in total. The third-order valence-corrected chi connectivity index (χ3v) is 5.03. The number of aliphatic hydroxyl groups is 1. The van der Waals surface area contributed by atoms with Crippen LogP contribution < -0.4 is 4.74 Å². The summed E-state index contributed by atoms with van der Waals surface area (Å²) in [5.74, 6) is 0.779. The van der Waals surface area contributed by atoms with E-state index in [4.69, 9.17) is 4.74 Å². The molecule has 0 spiro atoms. The van der Waals surface area contributed by atoms with Crippen LogP contribution in [-0.4, -0.2) is 47.4 Å². The maximum absolute atomic E-state index is 13.5. The highest BCUT2D eigenvalue weighted by molar-refractivity contribution is 5.77. The molecule has 3 rings (SSSR count). The van der Waals surface area contributed by atoms with E-state index in [1.807, 2.05) is 24.3 Å². The van der Waals surface area contributed by atoms with Crippen molar-refractivity contribution >= 4 is 5.91 Å². The smallest absolute Gasteiger partial charge is 0.223 e. The molecule has 1 aromatic carbocycles. The average molecular weight is 335 g/mol. The van der Waals surface area contributed by atoms with Gasteiger partial charge in [0.05, 0.1) is 25.3 Å². The Bertz CT molecular complexity index is 559. The van der Waals surface area contributed by atoms with E-state index < -0.39 is 6.17 Å². The van der Waals surface area contributed by atoms with Crippen LogP contribution >= 0.6 is 0 Å².